The molecule has 0 saturated heterocycles. The third-order valence-corrected chi connectivity index (χ3v) is 11.6. The SMILES string of the molecule is c1ccc(-c2nc(-c3ccc(-n4c5ccc6ccccc6c5c5cc6c7ccccc7n7c8ccccc8c(c54)c67)cc3)nc3c2oc2ccccc23)cc1. The van der Waals surface area contributed by atoms with Crippen LogP contribution in [0.25, 0.3) is 121 Å². The van der Waals surface area contributed by atoms with Crippen molar-refractivity contribution in [2.75, 3.05) is 0 Å². The van der Waals surface area contributed by atoms with Crippen molar-refractivity contribution in [2.24, 2.45) is 0 Å². The zero-order valence-electron chi connectivity index (χ0n) is 29.4. The normalized spacial score (nSPS) is 12.4. The molecule has 0 spiro atoms. The van der Waals surface area contributed by atoms with Crippen LogP contribution in [0, 0.1) is 0 Å². The molecule has 5 nitrogen and oxygen atoms in total. The number of rotatable bonds is 3. The summed E-state index contributed by atoms with van der Waals surface area (Å²) in [5.74, 6) is 0.663. The van der Waals surface area contributed by atoms with Gasteiger partial charge in [-0.05, 0) is 71.4 Å². The summed E-state index contributed by atoms with van der Waals surface area (Å²) in [6.45, 7) is 0. The van der Waals surface area contributed by atoms with Gasteiger partial charge in [0.2, 0.25) is 0 Å². The van der Waals surface area contributed by atoms with E-state index in [-0.39, 0.29) is 0 Å². The first kappa shape index (κ1) is 29.0. The Bertz CT molecular complexity index is 3700. The Morgan fingerprint density at radius 3 is 1.96 bits per heavy atom. The van der Waals surface area contributed by atoms with E-state index in [9.17, 15) is 0 Å². The zero-order chi connectivity index (χ0) is 35.8. The maximum Gasteiger partial charge on any atom is 0.180 e. The van der Waals surface area contributed by atoms with Crippen molar-refractivity contribution in [3.8, 4) is 28.3 Å². The van der Waals surface area contributed by atoms with Gasteiger partial charge in [0, 0.05) is 54.5 Å². The Kier molecular flexibility index (Phi) is 5.57. The molecule has 0 amide bonds. The highest BCUT2D eigenvalue weighted by Gasteiger charge is 2.25. The molecule has 8 aromatic carbocycles. The van der Waals surface area contributed by atoms with Gasteiger partial charge in [-0.2, -0.15) is 0 Å². The number of fused-ring (bicyclic) bond motifs is 15. The van der Waals surface area contributed by atoms with Gasteiger partial charge < -0.3 is 13.4 Å². The largest absolute Gasteiger partial charge is 0.452 e. The maximum atomic E-state index is 6.38. The molecule has 5 heteroatoms. The number of furan rings is 1. The van der Waals surface area contributed by atoms with Gasteiger partial charge in [-0.25, -0.2) is 9.97 Å². The molecule has 0 radical (unpaired) electrons. The summed E-state index contributed by atoms with van der Waals surface area (Å²) in [6, 6.07) is 60.5. The molecule has 13 rings (SSSR count). The van der Waals surface area contributed by atoms with E-state index in [2.05, 4.69) is 142 Å². The van der Waals surface area contributed by atoms with Gasteiger partial charge in [0.05, 0.1) is 27.6 Å². The van der Waals surface area contributed by atoms with Gasteiger partial charge >= 0.3 is 0 Å². The van der Waals surface area contributed by atoms with Crippen molar-refractivity contribution in [3.05, 3.63) is 170 Å². The topological polar surface area (TPSA) is 48.3 Å². The molecule has 5 aromatic heterocycles. The molecule has 0 N–H and O–H groups in total. The van der Waals surface area contributed by atoms with E-state index in [0.717, 1.165) is 39.0 Å². The summed E-state index contributed by atoms with van der Waals surface area (Å²) in [7, 11) is 0. The number of para-hydroxylation sites is 3. The summed E-state index contributed by atoms with van der Waals surface area (Å²) >= 11 is 0. The van der Waals surface area contributed by atoms with Crippen molar-refractivity contribution in [3.63, 3.8) is 0 Å². The van der Waals surface area contributed by atoms with E-state index < -0.39 is 0 Å². The second-order valence-electron chi connectivity index (χ2n) is 14.5. The summed E-state index contributed by atoms with van der Waals surface area (Å²) < 4.78 is 11.3. The molecular formula is C50H28N4O. The first-order valence-corrected chi connectivity index (χ1v) is 18.7. The number of hydrogen-bond donors (Lipinski definition) is 0. The quantitative estimate of drug-likeness (QED) is 0.184. The zero-order valence-corrected chi connectivity index (χ0v) is 29.4. The standard InChI is InChI=1S/C50H28N4O/c1-2-13-30(14-3-1)45-49-46(36-18-8-11-21-42(36)55-49)52-50(51-45)31-22-25-32(26-23-31)53-41-27-24-29-12-4-5-15-33(29)43(41)38-28-37-34-16-6-9-19-39(34)54-40-20-10-7-17-35(40)44(47(37)54)48(38)53/h1-28H. The molecule has 0 atom stereocenters. The highest BCUT2D eigenvalue weighted by molar-refractivity contribution is 6.36. The van der Waals surface area contributed by atoms with Crippen LogP contribution in [0.4, 0.5) is 0 Å². The second-order valence-corrected chi connectivity index (χ2v) is 14.5. The number of benzene rings is 8. The molecular weight excluding hydrogens is 673 g/mol. The van der Waals surface area contributed by atoms with Crippen molar-refractivity contribution >= 4 is 92.7 Å². The van der Waals surface area contributed by atoms with Crippen LogP contribution in [-0.2, 0) is 0 Å². The molecule has 0 aliphatic heterocycles. The Balaban J connectivity index is 1.12. The lowest BCUT2D eigenvalue weighted by atomic mass is 10.0. The average Bonchev–Trinajstić information content (AvgIpc) is 3.99. The third kappa shape index (κ3) is 3.81. The van der Waals surface area contributed by atoms with E-state index in [1.807, 2.05) is 36.4 Å². The molecule has 5 heterocycles. The minimum absolute atomic E-state index is 0.663. The lowest BCUT2D eigenvalue weighted by molar-refractivity contribution is 0.667. The van der Waals surface area contributed by atoms with Crippen LogP contribution >= 0.6 is 0 Å². The Morgan fingerprint density at radius 1 is 0.436 bits per heavy atom. The number of aromatic nitrogens is 4. The summed E-state index contributed by atoms with van der Waals surface area (Å²) in [4.78, 5) is 10.3. The molecule has 0 aliphatic rings. The van der Waals surface area contributed by atoms with Gasteiger partial charge in [0.25, 0.3) is 0 Å². The van der Waals surface area contributed by atoms with E-state index in [0.29, 0.717) is 11.4 Å². The van der Waals surface area contributed by atoms with E-state index >= 15 is 0 Å². The Hall–Kier alpha value is -7.50. The Morgan fingerprint density at radius 2 is 1.13 bits per heavy atom. The van der Waals surface area contributed by atoms with E-state index in [4.69, 9.17) is 14.4 Å². The van der Waals surface area contributed by atoms with Gasteiger partial charge in [0.15, 0.2) is 11.4 Å². The van der Waals surface area contributed by atoms with E-state index in [1.54, 1.807) is 0 Å². The summed E-state index contributed by atoms with van der Waals surface area (Å²) in [6.07, 6.45) is 0. The van der Waals surface area contributed by atoms with Crippen LogP contribution in [0.1, 0.15) is 0 Å². The minimum Gasteiger partial charge on any atom is -0.452 e. The monoisotopic (exact) mass is 700 g/mol. The fourth-order valence-corrected chi connectivity index (χ4v) is 9.31. The first-order valence-electron chi connectivity index (χ1n) is 18.7. The van der Waals surface area contributed by atoms with Gasteiger partial charge in [-0.3, -0.25) is 0 Å². The predicted octanol–water partition coefficient (Wildman–Crippen LogP) is 13.1. The molecule has 254 valence electrons. The van der Waals surface area contributed by atoms with Crippen molar-refractivity contribution in [1.82, 2.24) is 18.9 Å². The minimum atomic E-state index is 0.663. The lowest BCUT2D eigenvalue weighted by Gasteiger charge is -2.11. The van der Waals surface area contributed by atoms with Crippen LogP contribution in [0.2, 0.25) is 0 Å². The highest BCUT2D eigenvalue weighted by Crippen LogP contribution is 2.47. The molecule has 0 aliphatic carbocycles. The van der Waals surface area contributed by atoms with Crippen LogP contribution in [0.5, 0.6) is 0 Å². The van der Waals surface area contributed by atoms with Crippen molar-refractivity contribution in [2.45, 2.75) is 0 Å². The third-order valence-electron chi connectivity index (χ3n) is 11.6. The van der Waals surface area contributed by atoms with Crippen LogP contribution < -0.4 is 0 Å². The Labute approximate surface area is 313 Å². The van der Waals surface area contributed by atoms with Crippen LogP contribution in [0.3, 0.4) is 0 Å². The first-order chi connectivity index (χ1) is 27.3. The van der Waals surface area contributed by atoms with Crippen LogP contribution in [0.15, 0.2) is 174 Å². The number of nitrogens with zero attached hydrogens (tertiary/aromatic N) is 4. The maximum absolute atomic E-state index is 6.38. The van der Waals surface area contributed by atoms with Crippen molar-refractivity contribution < 1.29 is 4.42 Å². The molecule has 0 bridgehead atoms. The molecule has 55 heavy (non-hydrogen) atoms. The predicted molar refractivity (Wildman–Crippen MR) is 227 cm³/mol. The fourth-order valence-electron chi connectivity index (χ4n) is 9.31. The summed E-state index contributed by atoms with van der Waals surface area (Å²) in [5, 5.41) is 11.1. The van der Waals surface area contributed by atoms with Crippen molar-refractivity contribution in [1.29, 1.82) is 0 Å². The second kappa shape index (κ2) is 10.6. The fraction of sp³-hybridized carbons (Fsp3) is 0. The summed E-state index contributed by atoms with van der Waals surface area (Å²) in [5.41, 5.74) is 12.3. The molecule has 0 unspecified atom stereocenters. The molecule has 0 fully saturated rings. The molecule has 13 aromatic rings. The average molecular weight is 701 g/mol. The van der Waals surface area contributed by atoms with Gasteiger partial charge in [0.1, 0.15) is 16.8 Å². The van der Waals surface area contributed by atoms with Gasteiger partial charge in [-0.1, -0.05) is 109 Å². The highest BCUT2D eigenvalue weighted by atomic mass is 16.3. The smallest absolute Gasteiger partial charge is 0.180 e. The lowest BCUT2D eigenvalue weighted by Crippen LogP contribution is -1.96. The number of hydrogen-bond acceptors (Lipinski definition) is 3. The van der Waals surface area contributed by atoms with E-state index in [1.165, 1.54) is 70.7 Å². The van der Waals surface area contributed by atoms with Crippen LogP contribution in [-0.4, -0.2) is 18.9 Å². The molecule has 0 saturated carbocycles. The van der Waals surface area contributed by atoms with Gasteiger partial charge in [-0.15, -0.1) is 0 Å².